The highest BCUT2D eigenvalue weighted by atomic mass is 19.1. The molecule has 3 rings (SSSR count). The molecule has 1 aromatic carbocycles. The van der Waals surface area contributed by atoms with Crippen LogP contribution in [0.3, 0.4) is 0 Å². The van der Waals surface area contributed by atoms with Gasteiger partial charge >= 0.3 is 0 Å². The molecule has 0 unspecified atom stereocenters. The number of hydrogen-bond donors (Lipinski definition) is 2. The van der Waals surface area contributed by atoms with Crippen molar-refractivity contribution in [2.45, 2.75) is 33.9 Å². The van der Waals surface area contributed by atoms with Gasteiger partial charge in [-0.25, -0.2) is 9.07 Å². The van der Waals surface area contributed by atoms with Crippen LogP contribution in [0.5, 0.6) is 0 Å². The first kappa shape index (κ1) is 17.2. The third kappa shape index (κ3) is 3.58. The maximum absolute atomic E-state index is 13.3. The van der Waals surface area contributed by atoms with Crippen molar-refractivity contribution in [2.75, 3.05) is 11.9 Å². The SMILES string of the molecule is Cc1cc(F)ccc1-c1ccc(CNc2c(C)c(C)nn2CCO)o1. The third-order valence-electron chi connectivity index (χ3n) is 4.28. The number of aromatic nitrogens is 2. The first-order chi connectivity index (χ1) is 12.0. The zero-order valence-electron chi connectivity index (χ0n) is 14.6. The second-order valence-corrected chi connectivity index (χ2v) is 6.08. The van der Waals surface area contributed by atoms with E-state index in [1.807, 2.05) is 32.9 Å². The average Bonchev–Trinajstić information content (AvgIpc) is 3.12. The summed E-state index contributed by atoms with van der Waals surface area (Å²) in [4.78, 5) is 0. The molecule has 0 atom stereocenters. The highest BCUT2D eigenvalue weighted by Gasteiger charge is 2.13. The van der Waals surface area contributed by atoms with E-state index >= 15 is 0 Å². The van der Waals surface area contributed by atoms with Crippen molar-refractivity contribution in [2.24, 2.45) is 0 Å². The van der Waals surface area contributed by atoms with Crippen molar-refractivity contribution in [3.05, 3.63) is 58.7 Å². The zero-order chi connectivity index (χ0) is 18.0. The lowest BCUT2D eigenvalue weighted by Crippen LogP contribution is -2.10. The van der Waals surface area contributed by atoms with Crippen LogP contribution >= 0.6 is 0 Å². The first-order valence-corrected chi connectivity index (χ1v) is 8.23. The van der Waals surface area contributed by atoms with Crippen LogP contribution in [-0.4, -0.2) is 21.5 Å². The van der Waals surface area contributed by atoms with Gasteiger partial charge in [0.2, 0.25) is 0 Å². The quantitative estimate of drug-likeness (QED) is 0.714. The molecule has 2 heterocycles. The van der Waals surface area contributed by atoms with Gasteiger partial charge in [0.15, 0.2) is 0 Å². The lowest BCUT2D eigenvalue weighted by Gasteiger charge is -2.09. The molecule has 0 saturated carbocycles. The molecule has 0 aliphatic heterocycles. The molecule has 0 aliphatic rings. The number of hydrogen-bond acceptors (Lipinski definition) is 4. The maximum atomic E-state index is 13.3. The van der Waals surface area contributed by atoms with Gasteiger partial charge in [-0.2, -0.15) is 5.10 Å². The van der Waals surface area contributed by atoms with Gasteiger partial charge in [-0.05, 0) is 56.7 Å². The van der Waals surface area contributed by atoms with E-state index in [1.54, 1.807) is 10.7 Å². The molecule has 25 heavy (non-hydrogen) atoms. The molecule has 2 N–H and O–H groups in total. The van der Waals surface area contributed by atoms with Gasteiger partial charge in [0.25, 0.3) is 0 Å². The molecule has 0 radical (unpaired) electrons. The predicted molar refractivity (Wildman–Crippen MR) is 95.0 cm³/mol. The second kappa shape index (κ2) is 7.11. The van der Waals surface area contributed by atoms with E-state index in [2.05, 4.69) is 10.4 Å². The van der Waals surface area contributed by atoms with Gasteiger partial charge < -0.3 is 14.8 Å². The Hall–Kier alpha value is -2.60. The van der Waals surface area contributed by atoms with Crippen LogP contribution in [0.1, 0.15) is 22.6 Å². The Morgan fingerprint density at radius 3 is 2.72 bits per heavy atom. The van der Waals surface area contributed by atoms with Gasteiger partial charge in [-0.15, -0.1) is 0 Å². The van der Waals surface area contributed by atoms with Crippen molar-refractivity contribution in [3.63, 3.8) is 0 Å². The highest BCUT2D eigenvalue weighted by molar-refractivity contribution is 5.62. The van der Waals surface area contributed by atoms with E-state index in [4.69, 9.17) is 4.42 Å². The van der Waals surface area contributed by atoms with Crippen LogP contribution in [0.4, 0.5) is 10.2 Å². The minimum atomic E-state index is -0.252. The summed E-state index contributed by atoms with van der Waals surface area (Å²) in [6.07, 6.45) is 0. The Bertz CT molecular complexity index is 883. The smallest absolute Gasteiger partial charge is 0.134 e. The summed E-state index contributed by atoms with van der Waals surface area (Å²) in [5, 5.41) is 16.9. The molecule has 6 heteroatoms. The van der Waals surface area contributed by atoms with E-state index in [9.17, 15) is 9.50 Å². The van der Waals surface area contributed by atoms with Crippen molar-refractivity contribution < 1.29 is 13.9 Å². The number of halogens is 1. The number of anilines is 1. The zero-order valence-corrected chi connectivity index (χ0v) is 14.6. The van der Waals surface area contributed by atoms with Crippen LogP contribution in [0.15, 0.2) is 34.7 Å². The topological polar surface area (TPSA) is 63.2 Å². The minimum Gasteiger partial charge on any atom is -0.459 e. The Morgan fingerprint density at radius 1 is 1.20 bits per heavy atom. The molecule has 2 aromatic heterocycles. The second-order valence-electron chi connectivity index (χ2n) is 6.08. The van der Waals surface area contributed by atoms with Gasteiger partial charge in [-0.1, -0.05) is 0 Å². The van der Waals surface area contributed by atoms with E-state index in [0.29, 0.717) is 18.8 Å². The van der Waals surface area contributed by atoms with Crippen LogP contribution in [0, 0.1) is 26.6 Å². The lowest BCUT2D eigenvalue weighted by atomic mass is 10.1. The number of furan rings is 1. The predicted octanol–water partition coefficient (Wildman–Crippen LogP) is 3.81. The molecule has 0 aliphatic carbocycles. The van der Waals surface area contributed by atoms with Crippen LogP contribution < -0.4 is 5.32 Å². The molecule has 3 aromatic rings. The van der Waals surface area contributed by atoms with Gasteiger partial charge in [-0.3, -0.25) is 0 Å². The fourth-order valence-corrected chi connectivity index (χ4v) is 2.84. The maximum Gasteiger partial charge on any atom is 0.134 e. The normalized spacial score (nSPS) is 11.1. The molecule has 0 spiro atoms. The average molecular weight is 343 g/mol. The van der Waals surface area contributed by atoms with E-state index < -0.39 is 0 Å². The summed E-state index contributed by atoms with van der Waals surface area (Å²) in [7, 11) is 0. The lowest BCUT2D eigenvalue weighted by molar-refractivity contribution is 0.270. The fourth-order valence-electron chi connectivity index (χ4n) is 2.84. The van der Waals surface area contributed by atoms with Crippen molar-refractivity contribution >= 4 is 5.82 Å². The number of aliphatic hydroxyl groups excluding tert-OH is 1. The Kier molecular flexibility index (Phi) is 4.90. The number of aliphatic hydroxyl groups is 1. The number of aryl methyl sites for hydroxylation is 2. The monoisotopic (exact) mass is 343 g/mol. The molecule has 0 fully saturated rings. The summed E-state index contributed by atoms with van der Waals surface area (Å²) in [5.41, 5.74) is 3.69. The number of rotatable bonds is 6. The molecule has 0 bridgehead atoms. The summed E-state index contributed by atoms with van der Waals surface area (Å²) in [6.45, 7) is 6.76. The van der Waals surface area contributed by atoms with Crippen LogP contribution in [0.25, 0.3) is 11.3 Å². The van der Waals surface area contributed by atoms with E-state index in [0.717, 1.165) is 34.0 Å². The summed E-state index contributed by atoms with van der Waals surface area (Å²) in [5.74, 6) is 2.11. The Morgan fingerprint density at radius 2 is 2.00 bits per heavy atom. The third-order valence-corrected chi connectivity index (χ3v) is 4.28. The van der Waals surface area contributed by atoms with E-state index in [-0.39, 0.29) is 12.4 Å². The summed E-state index contributed by atoms with van der Waals surface area (Å²) < 4.78 is 20.9. The molecule has 0 amide bonds. The number of benzene rings is 1. The summed E-state index contributed by atoms with van der Waals surface area (Å²) in [6, 6.07) is 8.45. The van der Waals surface area contributed by atoms with Crippen molar-refractivity contribution in [1.29, 1.82) is 0 Å². The standard InChI is InChI=1S/C19H22FN3O2/c1-12-10-15(20)4-6-17(12)18-7-5-16(25-18)11-21-19-13(2)14(3)22-23(19)8-9-24/h4-7,10,21,24H,8-9,11H2,1-3H3. The minimum absolute atomic E-state index is 0.0317. The Labute approximate surface area is 146 Å². The first-order valence-electron chi connectivity index (χ1n) is 8.23. The van der Waals surface area contributed by atoms with E-state index in [1.165, 1.54) is 12.1 Å². The van der Waals surface area contributed by atoms with Gasteiger partial charge in [0.05, 0.1) is 25.4 Å². The molecular weight excluding hydrogens is 321 g/mol. The molecule has 0 saturated heterocycles. The molecule has 132 valence electrons. The number of nitrogens with zero attached hydrogens (tertiary/aromatic N) is 2. The van der Waals surface area contributed by atoms with Crippen molar-refractivity contribution in [3.8, 4) is 11.3 Å². The van der Waals surface area contributed by atoms with Gasteiger partial charge in [0, 0.05) is 11.1 Å². The van der Waals surface area contributed by atoms with Crippen molar-refractivity contribution in [1.82, 2.24) is 9.78 Å². The fraction of sp³-hybridized carbons (Fsp3) is 0.316. The molecule has 5 nitrogen and oxygen atoms in total. The van der Waals surface area contributed by atoms with Crippen LogP contribution in [0.2, 0.25) is 0 Å². The van der Waals surface area contributed by atoms with Crippen LogP contribution in [-0.2, 0) is 13.1 Å². The largest absolute Gasteiger partial charge is 0.459 e. The highest BCUT2D eigenvalue weighted by Crippen LogP contribution is 2.27. The number of nitrogens with one attached hydrogen (secondary N) is 1. The van der Waals surface area contributed by atoms with Gasteiger partial charge in [0.1, 0.15) is 23.2 Å². The summed E-state index contributed by atoms with van der Waals surface area (Å²) >= 11 is 0. The molecular formula is C19H22FN3O2. The Balaban J connectivity index is 1.76.